The van der Waals surface area contributed by atoms with Gasteiger partial charge < -0.3 is 10.2 Å². The number of aliphatic hydroxyl groups excluding tert-OH is 2. The Hall–Kier alpha value is -0.860. The maximum absolute atomic E-state index is 9.29. The van der Waals surface area contributed by atoms with Crippen molar-refractivity contribution in [3.05, 3.63) is 35.4 Å². The molecule has 2 N–H and O–H groups in total. The second kappa shape index (κ2) is 5.13. The molecule has 0 aromatic heterocycles. The van der Waals surface area contributed by atoms with E-state index in [-0.39, 0.29) is 6.10 Å². The van der Waals surface area contributed by atoms with Gasteiger partial charge in [0.2, 0.25) is 0 Å². The molecule has 1 aromatic rings. The molecule has 0 aliphatic carbocycles. The molecule has 0 radical (unpaired) electrons. The van der Waals surface area contributed by atoms with Gasteiger partial charge in [-0.1, -0.05) is 24.3 Å². The molecule has 0 saturated carbocycles. The lowest BCUT2D eigenvalue weighted by atomic mass is 10.0. The van der Waals surface area contributed by atoms with E-state index in [9.17, 15) is 5.11 Å². The molecule has 1 aromatic carbocycles. The normalized spacial score (nSPS) is 15.1. The molecule has 2 unspecified atom stereocenters. The lowest BCUT2D eigenvalue weighted by Crippen LogP contribution is -2.01. The van der Waals surface area contributed by atoms with E-state index in [0.29, 0.717) is 0 Å². The largest absolute Gasteiger partial charge is 0.393 e. The maximum atomic E-state index is 9.29. The molecule has 0 aliphatic heterocycles. The summed E-state index contributed by atoms with van der Waals surface area (Å²) in [4.78, 5) is 0. The SMILES string of the molecule is CC(O)CCc1ccc(C(C)O)cc1. The van der Waals surface area contributed by atoms with Crippen molar-refractivity contribution in [2.24, 2.45) is 0 Å². The van der Waals surface area contributed by atoms with Crippen molar-refractivity contribution in [3.8, 4) is 0 Å². The first-order valence-corrected chi connectivity index (χ1v) is 5.04. The highest BCUT2D eigenvalue weighted by Gasteiger charge is 2.01. The molecule has 1 rings (SSSR count). The summed E-state index contributed by atoms with van der Waals surface area (Å²) in [6.07, 6.45) is 1.03. The van der Waals surface area contributed by atoms with Crippen LogP contribution in [0, 0.1) is 0 Å². The lowest BCUT2D eigenvalue weighted by molar-refractivity contribution is 0.185. The predicted octanol–water partition coefficient (Wildman–Crippen LogP) is 2.05. The van der Waals surface area contributed by atoms with Crippen LogP contribution in [0.15, 0.2) is 24.3 Å². The van der Waals surface area contributed by atoms with Gasteiger partial charge >= 0.3 is 0 Å². The molecule has 0 amide bonds. The van der Waals surface area contributed by atoms with Gasteiger partial charge in [0, 0.05) is 0 Å². The van der Waals surface area contributed by atoms with Crippen LogP contribution in [0.3, 0.4) is 0 Å². The minimum absolute atomic E-state index is 0.244. The first kappa shape index (κ1) is 11.2. The Kier molecular flexibility index (Phi) is 4.11. The molecule has 0 heterocycles. The Labute approximate surface area is 85.2 Å². The molecule has 2 atom stereocenters. The molecule has 2 heteroatoms. The van der Waals surface area contributed by atoms with E-state index in [2.05, 4.69) is 0 Å². The van der Waals surface area contributed by atoms with Crippen LogP contribution in [0.4, 0.5) is 0 Å². The van der Waals surface area contributed by atoms with Gasteiger partial charge in [-0.3, -0.25) is 0 Å². The summed E-state index contributed by atoms with van der Waals surface area (Å²) in [6.45, 7) is 3.55. The Morgan fingerprint density at radius 1 is 1.07 bits per heavy atom. The van der Waals surface area contributed by atoms with Gasteiger partial charge in [0.15, 0.2) is 0 Å². The van der Waals surface area contributed by atoms with Crippen molar-refractivity contribution >= 4 is 0 Å². The zero-order chi connectivity index (χ0) is 10.6. The standard InChI is InChI=1S/C12H18O2/c1-9(13)3-4-11-5-7-12(8-6-11)10(2)14/h5-10,13-14H,3-4H2,1-2H3. The van der Waals surface area contributed by atoms with Crippen LogP contribution in [-0.4, -0.2) is 16.3 Å². The first-order valence-electron chi connectivity index (χ1n) is 5.04. The summed E-state index contributed by atoms with van der Waals surface area (Å²) < 4.78 is 0. The topological polar surface area (TPSA) is 40.5 Å². The van der Waals surface area contributed by atoms with Gasteiger partial charge in [-0.2, -0.15) is 0 Å². The van der Waals surface area contributed by atoms with E-state index in [1.807, 2.05) is 24.3 Å². The van der Waals surface area contributed by atoms with Gasteiger partial charge in [-0.05, 0) is 37.8 Å². The Balaban J connectivity index is 2.55. The van der Waals surface area contributed by atoms with Crippen molar-refractivity contribution in [2.75, 3.05) is 0 Å². The van der Waals surface area contributed by atoms with Crippen molar-refractivity contribution in [3.63, 3.8) is 0 Å². The summed E-state index contributed by atoms with van der Waals surface area (Å²) in [6, 6.07) is 7.87. The molecule has 0 aliphatic rings. The number of benzene rings is 1. The fraction of sp³-hybridized carbons (Fsp3) is 0.500. The molecular formula is C12H18O2. The fourth-order valence-corrected chi connectivity index (χ4v) is 1.34. The summed E-state index contributed by atoms with van der Waals surface area (Å²) in [5.41, 5.74) is 2.14. The van der Waals surface area contributed by atoms with Crippen molar-refractivity contribution in [1.82, 2.24) is 0 Å². The number of aliphatic hydroxyl groups is 2. The smallest absolute Gasteiger partial charge is 0.0761 e. The van der Waals surface area contributed by atoms with Crippen LogP contribution >= 0.6 is 0 Å². The molecule has 0 bridgehead atoms. The molecule has 0 fully saturated rings. The fourth-order valence-electron chi connectivity index (χ4n) is 1.34. The minimum Gasteiger partial charge on any atom is -0.393 e. The average Bonchev–Trinajstić information content (AvgIpc) is 2.15. The Morgan fingerprint density at radius 2 is 1.64 bits per heavy atom. The lowest BCUT2D eigenvalue weighted by Gasteiger charge is -2.07. The predicted molar refractivity (Wildman–Crippen MR) is 57.1 cm³/mol. The van der Waals surface area contributed by atoms with Crippen LogP contribution in [0.2, 0.25) is 0 Å². The molecule has 78 valence electrons. The molecule has 0 spiro atoms. The van der Waals surface area contributed by atoms with Crippen LogP contribution < -0.4 is 0 Å². The third kappa shape index (κ3) is 3.48. The Bertz CT molecular complexity index is 262. The first-order chi connectivity index (χ1) is 6.59. The number of rotatable bonds is 4. The van der Waals surface area contributed by atoms with E-state index in [4.69, 9.17) is 5.11 Å². The number of hydrogen-bond acceptors (Lipinski definition) is 2. The second-order valence-corrected chi connectivity index (χ2v) is 3.81. The highest BCUT2D eigenvalue weighted by atomic mass is 16.3. The van der Waals surface area contributed by atoms with Gasteiger partial charge in [-0.25, -0.2) is 0 Å². The molecular weight excluding hydrogens is 176 g/mol. The van der Waals surface area contributed by atoms with Gasteiger partial charge in [0.05, 0.1) is 12.2 Å². The van der Waals surface area contributed by atoms with Crippen LogP contribution in [0.25, 0.3) is 0 Å². The summed E-state index contributed by atoms with van der Waals surface area (Å²) in [5.74, 6) is 0. The van der Waals surface area contributed by atoms with E-state index < -0.39 is 6.10 Å². The minimum atomic E-state index is -0.402. The van der Waals surface area contributed by atoms with Gasteiger partial charge in [-0.15, -0.1) is 0 Å². The third-order valence-electron chi connectivity index (χ3n) is 2.31. The third-order valence-corrected chi connectivity index (χ3v) is 2.31. The van der Waals surface area contributed by atoms with Crippen molar-refractivity contribution in [2.45, 2.75) is 38.9 Å². The Morgan fingerprint density at radius 3 is 2.07 bits per heavy atom. The molecule has 0 saturated heterocycles. The van der Waals surface area contributed by atoms with Crippen molar-refractivity contribution < 1.29 is 10.2 Å². The summed E-state index contributed by atoms with van der Waals surface area (Å²) >= 11 is 0. The zero-order valence-electron chi connectivity index (χ0n) is 8.77. The van der Waals surface area contributed by atoms with E-state index in [1.165, 1.54) is 5.56 Å². The van der Waals surface area contributed by atoms with Crippen molar-refractivity contribution in [1.29, 1.82) is 0 Å². The van der Waals surface area contributed by atoms with E-state index >= 15 is 0 Å². The number of hydrogen-bond donors (Lipinski definition) is 2. The highest BCUT2D eigenvalue weighted by molar-refractivity contribution is 5.23. The highest BCUT2D eigenvalue weighted by Crippen LogP contribution is 2.13. The monoisotopic (exact) mass is 194 g/mol. The van der Waals surface area contributed by atoms with E-state index in [0.717, 1.165) is 18.4 Å². The van der Waals surface area contributed by atoms with Crippen LogP contribution in [0.5, 0.6) is 0 Å². The van der Waals surface area contributed by atoms with E-state index in [1.54, 1.807) is 13.8 Å². The van der Waals surface area contributed by atoms with Gasteiger partial charge in [0.1, 0.15) is 0 Å². The molecule has 2 nitrogen and oxygen atoms in total. The van der Waals surface area contributed by atoms with Gasteiger partial charge in [0.25, 0.3) is 0 Å². The quantitative estimate of drug-likeness (QED) is 0.770. The summed E-state index contributed by atoms with van der Waals surface area (Å²) in [7, 11) is 0. The zero-order valence-corrected chi connectivity index (χ0v) is 8.77. The number of aryl methyl sites for hydroxylation is 1. The average molecular weight is 194 g/mol. The second-order valence-electron chi connectivity index (χ2n) is 3.81. The summed E-state index contributed by atoms with van der Waals surface area (Å²) in [5, 5.41) is 18.4. The van der Waals surface area contributed by atoms with Crippen LogP contribution in [0.1, 0.15) is 37.5 Å². The van der Waals surface area contributed by atoms with Crippen LogP contribution in [-0.2, 0) is 6.42 Å². The molecule has 14 heavy (non-hydrogen) atoms. The maximum Gasteiger partial charge on any atom is 0.0761 e.